The molecule has 1 fully saturated rings. The number of nitro groups is 1. The van der Waals surface area contributed by atoms with E-state index >= 15 is 0 Å². The Labute approximate surface area is 97.6 Å². The van der Waals surface area contributed by atoms with Crippen LogP contribution >= 0.6 is 0 Å². The largest absolute Gasteiger partial charge is 0.299 e. The molecule has 5 heteroatoms. The predicted molar refractivity (Wildman–Crippen MR) is 59.5 cm³/mol. The lowest BCUT2D eigenvalue weighted by atomic mass is 9.96. The molecular formula is C12H11NO4. The van der Waals surface area contributed by atoms with Crippen LogP contribution in [0.15, 0.2) is 24.3 Å². The smallest absolute Gasteiger partial charge is 0.269 e. The Morgan fingerprint density at radius 2 is 1.88 bits per heavy atom. The highest BCUT2D eigenvalue weighted by Crippen LogP contribution is 2.23. The number of carbonyl (C=O) groups is 2. The second kappa shape index (κ2) is 4.45. The minimum Gasteiger partial charge on any atom is -0.299 e. The highest BCUT2D eigenvalue weighted by molar-refractivity contribution is 6.08. The molecule has 1 aromatic carbocycles. The Balaban J connectivity index is 2.18. The number of nitrogens with zero attached hydrogens (tertiary/aromatic N) is 1. The number of carbonyl (C=O) groups excluding carboxylic acids is 2. The molecule has 0 N–H and O–H groups in total. The van der Waals surface area contributed by atoms with E-state index in [2.05, 4.69) is 0 Å². The molecular weight excluding hydrogens is 222 g/mol. The first kappa shape index (κ1) is 11.4. The molecule has 0 bridgehead atoms. The third-order valence-electron chi connectivity index (χ3n) is 2.96. The van der Waals surface area contributed by atoms with Crippen LogP contribution in [0.5, 0.6) is 0 Å². The van der Waals surface area contributed by atoms with Crippen LogP contribution in [0.1, 0.15) is 18.4 Å². The monoisotopic (exact) mass is 233 g/mol. The lowest BCUT2D eigenvalue weighted by Crippen LogP contribution is -2.17. The van der Waals surface area contributed by atoms with Crippen LogP contribution in [0.4, 0.5) is 5.69 Å². The number of hydrogen-bond donors (Lipinski definition) is 0. The average molecular weight is 233 g/mol. The van der Waals surface area contributed by atoms with Crippen molar-refractivity contribution in [2.75, 3.05) is 0 Å². The Morgan fingerprint density at radius 1 is 1.24 bits per heavy atom. The summed E-state index contributed by atoms with van der Waals surface area (Å²) in [6, 6.07) is 6.07. The van der Waals surface area contributed by atoms with Gasteiger partial charge in [-0.05, 0) is 12.0 Å². The van der Waals surface area contributed by atoms with E-state index in [0.29, 0.717) is 18.4 Å². The van der Waals surface area contributed by atoms with Gasteiger partial charge in [0.2, 0.25) is 0 Å². The van der Waals surface area contributed by atoms with E-state index in [-0.39, 0.29) is 23.7 Å². The van der Waals surface area contributed by atoms with E-state index in [1.165, 1.54) is 12.1 Å². The van der Waals surface area contributed by atoms with Crippen molar-refractivity contribution in [3.8, 4) is 0 Å². The number of hydrogen-bond acceptors (Lipinski definition) is 4. The topological polar surface area (TPSA) is 77.3 Å². The van der Waals surface area contributed by atoms with Crippen molar-refractivity contribution in [3.63, 3.8) is 0 Å². The fourth-order valence-corrected chi connectivity index (χ4v) is 2.03. The quantitative estimate of drug-likeness (QED) is 0.452. The molecule has 1 saturated carbocycles. The van der Waals surface area contributed by atoms with Crippen molar-refractivity contribution in [2.45, 2.75) is 19.3 Å². The standard InChI is InChI=1S/C12H11NO4/c14-11-4-5-12(15)10(11)7-8-2-1-3-9(6-8)13(16)17/h1-3,6,10H,4-5,7H2. The Hall–Kier alpha value is -2.04. The first-order valence-corrected chi connectivity index (χ1v) is 5.36. The molecule has 1 aliphatic rings. The summed E-state index contributed by atoms with van der Waals surface area (Å²) in [6.07, 6.45) is 0.885. The molecule has 0 aliphatic heterocycles. The first-order valence-electron chi connectivity index (χ1n) is 5.36. The van der Waals surface area contributed by atoms with Crippen LogP contribution in [-0.2, 0) is 16.0 Å². The van der Waals surface area contributed by atoms with Gasteiger partial charge in [0.1, 0.15) is 11.6 Å². The molecule has 0 aromatic heterocycles. The van der Waals surface area contributed by atoms with E-state index in [9.17, 15) is 19.7 Å². The van der Waals surface area contributed by atoms with Gasteiger partial charge in [-0.15, -0.1) is 0 Å². The lowest BCUT2D eigenvalue weighted by molar-refractivity contribution is -0.384. The van der Waals surface area contributed by atoms with Crippen molar-refractivity contribution < 1.29 is 14.5 Å². The molecule has 0 heterocycles. The van der Waals surface area contributed by atoms with Crippen LogP contribution in [0, 0.1) is 16.0 Å². The third kappa shape index (κ3) is 2.38. The zero-order chi connectivity index (χ0) is 12.4. The summed E-state index contributed by atoms with van der Waals surface area (Å²) in [5, 5.41) is 10.6. The summed E-state index contributed by atoms with van der Waals surface area (Å²) < 4.78 is 0. The molecule has 5 nitrogen and oxygen atoms in total. The Bertz CT molecular complexity index is 479. The van der Waals surface area contributed by atoms with Gasteiger partial charge in [0, 0.05) is 25.0 Å². The summed E-state index contributed by atoms with van der Waals surface area (Å²) >= 11 is 0. The minimum absolute atomic E-state index is 0.0135. The van der Waals surface area contributed by atoms with E-state index in [4.69, 9.17) is 0 Å². The van der Waals surface area contributed by atoms with Crippen molar-refractivity contribution in [1.29, 1.82) is 0 Å². The van der Waals surface area contributed by atoms with E-state index < -0.39 is 10.8 Å². The molecule has 0 atom stereocenters. The molecule has 0 radical (unpaired) electrons. The highest BCUT2D eigenvalue weighted by Gasteiger charge is 2.32. The van der Waals surface area contributed by atoms with Gasteiger partial charge in [0.15, 0.2) is 0 Å². The molecule has 88 valence electrons. The van der Waals surface area contributed by atoms with Crippen LogP contribution < -0.4 is 0 Å². The summed E-state index contributed by atoms with van der Waals surface area (Å²) in [7, 11) is 0. The number of ketones is 2. The predicted octanol–water partition coefficient (Wildman–Crippen LogP) is 1.69. The van der Waals surface area contributed by atoms with Crippen LogP contribution in [0.25, 0.3) is 0 Å². The van der Waals surface area contributed by atoms with Crippen LogP contribution in [0.3, 0.4) is 0 Å². The average Bonchev–Trinajstić information content (AvgIpc) is 2.61. The highest BCUT2D eigenvalue weighted by atomic mass is 16.6. The van der Waals surface area contributed by atoms with Gasteiger partial charge in [-0.25, -0.2) is 0 Å². The van der Waals surface area contributed by atoms with Gasteiger partial charge in [0.25, 0.3) is 5.69 Å². The van der Waals surface area contributed by atoms with Crippen molar-refractivity contribution in [2.24, 2.45) is 5.92 Å². The third-order valence-corrected chi connectivity index (χ3v) is 2.96. The van der Waals surface area contributed by atoms with Gasteiger partial charge in [-0.3, -0.25) is 19.7 Å². The zero-order valence-corrected chi connectivity index (χ0v) is 9.09. The normalized spacial score (nSPS) is 16.5. The molecule has 0 amide bonds. The number of non-ortho nitro benzene ring substituents is 1. The fourth-order valence-electron chi connectivity index (χ4n) is 2.03. The molecule has 1 aliphatic carbocycles. The summed E-state index contributed by atoms with van der Waals surface area (Å²) in [5.74, 6) is -0.708. The molecule has 1 aromatic rings. The molecule has 0 spiro atoms. The van der Waals surface area contributed by atoms with Crippen molar-refractivity contribution in [1.82, 2.24) is 0 Å². The lowest BCUT2D eigenvalue weighted by Gasteiger charge is -2.06. The second-order valence-corrected chi connectivity index (χ2v) is 4.12. The number of Topliss-reactive ketones (excluding diaryl/α,β-unsaturated/α-hetero) is 2. The van der Waals surface area contributed by atoms with Crippen molar-refractivity contribution >= 4 is 17.3 Å². The number of rotatable bonds is 3. The van der Waals surface area contributed by atoms with Crippen LogP contribution in [0.2, 0.25) is 0 Å². The van der Waals surface area contributed by atoms with E-state index in [0.717, 1.165) is 0 Å². The molecule has 17 heavy (non-hydrogen) atoms. The molecule has 0 saturated heterocycles. The molecule has 0 unspecified atom stereocenters. The number of nitro benzene ring substituents is 1. The maximum absolute atomic E-state index is 11.5. The summed E-state index contributed by atoms with van der Waals surface area (Å²) in [6.45, 7) is 0. The number of benzene rings is 1. The second-order valence-electron chi connectivity index (χ2n) is 4.12. The van der Waals surface area contributed by atoms with E-state index in [1.807, 2.05) is 0 Å². The van der Waals surface area contributed by atoms with Gasteiger partial charge in [-0.1, -0.05) is 12.1 Å². The maximum atomic E-state index is 11.5. The maximum Gasteiger partial charge on any atom is 0.269 e. The van der Waals surface area contributed by atoms with Gasteiger partial charge >= 0.3 is 0 Å². The molecule has 2 rings (SSSR count). The first-order chi connectivity index (χ1) is 8.08. The van der Waals surface area contributed by atoms with Gasteiger partial charge < -0.3 is 0 Å². The summed E-state index contributed by atoms with van der Waals surface area (Å²) in [5.41, 5.74) is 0.646. The SMILES string of the molecule is O=C1CCC(=O)C1Cc1cccc([N+](=O)[O-])c1. The van der Waals surface area contributed by atoms with Gasteiger partial charge in [0.05, 0.1) is 10.8 Å². The summed E-state index contributed by atoms with van der Waals surface area (Å²) in [4.78, 5) is 33.0. The Kier molecular flexibility index (Phi) is 2.99. The minimum atomic E-state index is -0.600. The van der Waals surface area contributed by atoms with Gasteiger partial charge in [-0.2, -0.15) is 0 Å². The van der Waals surface area contributed by atoms with Crippen LogP contribution in [-0.4, -0.2) is 16.5 Å². The van der Waals surface area contributed by atoms with Crippen molar-refractivity contribution in [3.05, 3.63) is 39.9 Å². The zero-order valence-electron chi connectivity index (χ0n) is 9.09. The van der Waals surface area contributed by atoms with E-state index in [1.54, 1.807) is 12.1 Å². The fraction of sp³-hybridized carbons (Fsp3) is 0.333. The Morgan fingerprint density at radius 3 is 2.47 bits per heavy atom.